The molecule has 0 N–H and O–H groups in total. The zero-order valence-electron chi connectivity index (χ0n) is 11.6. The van der Waals surface area contributed by atoms with Crippen LogP contribution in [0.5, 0.6) is 0 Å². The first-order valence-electron chi connectivity index (χ1n) is 7.24. The van der Waals surface area contributed by atoms with Crippen molar-refractivity contribution in [2.24, 2.45) is 0 Å². The van der Waals surface area contributed by atoms with Crippen LogP contribution in [0.15, 0.2) is 0 Å². The van der Waals surface area contributed by atoms with E-state index in [1.54, 1.807) is 22.3 Å². The standard InChI is InChI=1S/C5H11.3C3H7.Pb/c1-3-5-4-2;3*1-3-2;/h1,3-5H2,2H3;3*1,3H2,2H3;. The van der Waals surface area contributed by atoms with Gasteiger partial charge in [0.2, 0.25) is 0 Å². The summed E-state index contributed by atoms with van der Waals surface area (Å²) in [6, 6.07) is 0. The van der Waals surface area contributed by atoms with Crippen molar-refractivity contribution in [2.45, 2.75) is 82.1 Å². The van der Waals surface area contributed by atoms with Gasteiger partial charge in [-0.05, 0) is 0 Å². The van der Waals surface area contributed by atoms with E-state index in [1.807, 2.05) is 0 Å². The Morgan fingerprint density at radius 3 is 1.33 bits per heavy atom. The van der Waals surface area contributed by atoms with Gasteiger partial charge in [0.05, 0.1) is 0 Å². The molecule has 0 rings (SSSR count). The van der Waals surface area contributed by atoms with E-state index >= 15 is 0 Å². The number of hydrogen-bond donors (Lipinski definition) is 0. The van der Waals surface area contributed by atoms with Crippen LogP contribution in [0.4, 0.5) is 0 Å². The Kier molecular flexibility index (Phi) is 10.7. The molecule has 0 aromatic heterocycles. The van der Waals surface area contributed by atoms with Crippen LogP contribution in [-0.4, -0.2) is 21.2 Å². The second kappa shape index (κ2) is 10.1. The molecule has 0 saturated heterocycles. The van der Waals surface area contributed by atoms with E-state index in [1.165, 1.54) is 32.1 Å². The van der Waals surface area contributed by atoms with E-state index in [2.05, 4.69) is 27.7 Å². The molecule has 0 aliphatic carbocycles. The first-order valence-corrected chi connectivity index (χ1v) is 18.2. The summed E-state index contributed by atoms with van der Waals surface area (Å²) in [5.41, 5.74) is 0. The van der Waals surface area contributed by atoms with Crippen molar-refractivity contribution >= 4 is 21.2 Å². The van der Waals surface area contributed by atoms with Crippen LogP contribution in [0.3, 0.4) is 0 Å². The fourth-order valence-electron chi connectivity index (χ4n) is 3.09. The second-order valence-corrected chi connectivity index (χ2v) is 24.6. The first-order chi connectivity index (χ1) is 7.24. The topological polar surface area (TPSA) is 0 Å². The molecule has 1 heteroatoms. The first kappa shape index (κ1) is 15.9. The van der Waals surface area contributed by atoms with Crippen molar-refractivity contribution in [1.29, 1.82) is 0 Å². The average molecular weight is 408 g/mol. The van der Waals surface area contributed by atoms with Gasteiger partial charge < -0.3 is 0 Å². The van der Waals surface area contributed by atoms with E-state index in [0.717, 1.165) is 0 Å². The molecule has 0 bridgehead atoms. The Morgan fingerprint density at radius 1 is 0.533 bits per heavy atom. The molecule has 15 heavy (non-hydrogen) atoms. The second-order valence-electron chi connectivity index (χ2n) is 5.21. The van der Waals surface area contributed by atoms with Crippen LogP contribution in [0.25, 0.3) is 0 Å². The Bertz CT molecular complexity index is 114. The fourth-order valence-corrected chi connectivity index (χ4v) is 25.2. The molecule has 0 spiro atoms. The van der Waals surface area contributed by atoms with Gasteiger partial charge in [0.1, 0.15) is 0 Å². The summed E-state index contributed by atoms with van der Waals surface area (Å²) in [7, 11) is 0. The number of rotatable bonds is 10. The minimum atomic E-state index is -1.75. The fraction of sp³-hybridized carbons (Fsp3) is 1.00. The van der Waals surface area contributed by atoms with Crippen molar-refractivity contribution in [2.75, 3.05) is 0 Å². The Labute approximate surface area is 103 Å². The molecule has 92 valence electrons. The molecule has 0 saturated carbocycles. The molecule has 0 aliphatic heterocycles. The molecule has 0 heterocycles. The van der Waals surface area contributed by atoms with E-state index in [9.17, 15) is 0 Å². The van der Waals surface area contributed by atoms with Gasteiger partial charge in [-0.3, -0.25) is 0 Å². The van der Waals surface area contributed by atoms with Gasteiger partial charge >= 0.3 is 103 Å². The molecular weight excluding hydrogens is 375 g/mol. The molecule has 0 radical (unpaired) electrons. The number of hydrogen-bond acceptors (Lipinski definition) is 0. The molecule has 0 atom stereocenters. The van der Waals surface area contributed by atoms with Crippen molar-refractivity contribution in [3.05, 3.63) is 0 Å². The predicted molar refractivity (Wildman–Crippen MR) is 75.4 cm³/mol. The summed E-state index contributed by atoms with van der Waals surface area (Å²) in [6.07, 6.45) is 8.83. The van der Waals surface area contributed by atoms with Gasteiger partial charge in [-0.25, -0.2) is 0 Å². The van der Waals surface area contributed by atoms with Gasteiger partial charge in [0.25, 0.3) is 0 Å². The third kappa shape index (κ3) is 6.96. The van der Waals surface area contributed by atoms with Gasteiger partial charge in [0, 0.05) is 0 Å². The average Bonchev–Trinajstić information content (AvgIpc) is 2.19. The van der Waals surface area contributed by atoms with E-state index in [0.29, 0.717) is 0 Å². The zero-order chi connectivity index (χ0) is 11.6. The summed E-state index contributed by atoms with van der Waals surface area (Å²) in [6.45, 7) is 9.54. The molecule has 0 unspecified atom stereocenters. The number of unbranched alkanes of at least 4 members (excludes halogenated alkanes) is 2. The van der Waals surface area contributed by atoms with Crippen LogP contribution in [0, 0.1) is 0 Å². The van der Waals surface area contributed by atoms with Gasteiger partial charge in [0.15, 0.2) is 0 Å². The molecule has 0 aliphatic rings. The van der Waals surface area contributed by atoms with Crippen LogP contribution in [-0.2, 0) is 0 Å². The molecule has 0 aromatic carbocycles. The molecular formula is C14H32Pb. The third-order valence-electron chi connectivity index (χ3n) is 3.65. The van der Waals surface area contributed by atoms with Gasteiger partial charge in [-0.2, -0.15) is 0 Å². The van der Waals surface area contributed by atoms with Crippen LogP contribution in [0.1, 0.15) is 66.2 Å². The normalized spacial score (nSPS) is 12.0. The summed E-state index contributed by atoms with van der Waals surface area (Å²) in [5, 5.41) is 0. The monoisotopic (exact) mass is 408 g/mol. The van der Waals surface area contributed by atoms with Crippen LogP contribution in [0.2, 0.25) is 15.9 Å². The SMILES string of the molecule is CCCC[CH2][Pb]([CH2]CC)([CH2]CC)[CH2]CC. The molecule has 0 nitrogen and oxygen atoms in total. The van der Waals surface area contributed by atoms with Crippen molar-refractivity contribution in [3.8, 4) is 0 Å². The Hall–Kier alpha value is 0.922. The third-order valence-corrected chi connectivity index (χ3v) is 27.4. The predicted octanol–water partition coefficient (Wildman–Crippen LogP) is 5.86. The summed E-state index contributed by atoms with van der Waals surface area (Å²) in [4.78, 5) is 0. The molecule has 0 fully saturated rings. The van der Waals surface area contributed by atoms with E-state index in [4.69, 9.17) is 0 Å². The quantitative estimate of drug-likeness (QED) is 0.314. The Morgan fingerprint density at radius 2 is 1.00 bits per heavy atom. The summed E-state index contributed by atoms with van der Waals surface area (Å²) >= 11 is -1.75. The van der Waals surface area contributed by atoms with Crippen molar-refractivity contribution in [3.63, 3.8) is 0 Å². The maximum absolute atomic E-state index is 2.40. The van der Waals surface area contributed by atoms with E-state index < -0.39 is 21.2 Å². The van der Waals surface area contributed by atoms with Crippen molar-refractivity contribution in [1.82, 2.24) is 0 Å². The molecule has 0 aromatic rings. The maximum atomic E-state index is 2.40. The van der Waals surface area contributed by atoms with E-state index in [-0.39, 0.29) is 0 Å². The van der Waals surface area contributed by atoms with Crippen LogP contribution < -0.4 is 0 Å². The van der Waals surface area contributed by atoms with Gasteiger partial charge in [-0.1, -0.05) is 0 Å². The molecule has 0 amide bonds. The van der Waals surface area contributed by atoms with Crippen LogP contribution >= 0.6 is 0 Å². The Balaban J connectivity index is 4.18. The zero-order valence-corrected chi connectivity index (χ0v) is 15.5. The summed E-state index contributed by atoms with van der Waals surface area (Å²) < 4.78 is 6.74. The summed E-state index contributed by atoms with van der Waals surface area (Å²) in [5.74, 6) is 0. The minimum absolute atomic E-state index is 1.40. The van der Waals surface area contributed by atoms with Gasteiger partial charge in [-0.15, -0.1) is 0 Å². The van der Waals surface area contributed by atoms with Crippen molar-refractivity contribution < 1.29 is 0 Å².